The van der Waals surface area contributed by atoms with Crippen molar-refractivity contribution in [1.82, 2.24) is 9.80 Å². The molecule has 0 aromatic carbocycles. The van der Waals surface area contributed by atoms with Crippen molar-refractivity contribution in [3.63, 3.8) is 0 Å². The normalized spacial score (nSPS) is 34.5. The number of aliphatic hydroxyl groups excluding tert-OH is 1. The first-order valence-corrected chi connectivity index (χ1v) is 12.0. The zero-order valence-electron chi connectivity index (χ0n) is 18.5. The third-order valence-electron chi connectivity index (χ3n) is 6.70. The second-order valence-corrected chi connectivity index (χ2v) is 9.80. The van der Waals surface area contributed by atoms with Gasteiger partial charge in [-0.1, -0.05) is 35.4 Å². The van der Waals surface area contributed by atoms with Gasteiger partial charge in [0.05, 0.1) is 37.2 Å². The Balaban J connectivity index is 2.06. The van der Waals surface area contributed by atoms with Crippen LogP contribution < -0.4 is 0 Å². The Morgan fingerprint density at radius 3 is 2.77 bits per heavy atom. The van der Waals surface area contributed by atoms with Crippen LogP contribution in [-0.4, -0.2) is 87.6 Å². The number of carbonyl (C=O) groups excluding carboxylic acids is 3. The highest BCUT2D eigenvalue weighted by Crippen LogP contribution is 2.60. The molecule has 8 nitrogen and oxygen atoms in total. The second kappa shape index (κ2) is 9.58. The summed E-state index contributed by atoms with van der Waals surface area (Å²) in [6.45, 7) is 10.0. The van der Waals surface area contributed by atoms with E-state index in [2.05, 4.69) is 22.5 Å². The van der Waals surface area contributed by atoms with Crippen LogP contribution in [0, 0.1) is 11.8 Å². The molecule has 3 aliphatic heterocycles. The molecule has 3 fully saturated rings. The van der Waals surface area contributed by atoms with Gasteiger partial charge in [-0.3, -0.25) is 14.4 Å². The quantitative estimate of drug-likeness (QED) is 0.277. The van der Waals surface area contributed by atoms with Crippen molar-refractivity contribution in [2.75, 3.05) is 26.3 Å². The molecule has 1 unspecified atom stereocenters. The largest absolute Gasteiger partial charge is 0.466 e. The first kappa shape index (κ1) is 24.2. The number of ether oxygens (including phenoxy) is 2. The van der Waals surface area contributed by atoms with Crippen molar-refractivity contribution in [2.24, 2.45) is 11.8 Å². The van der Waals surface area contributed by atoms with Gasteiger partial charge in [-0.15, -0.1) is 6.58 Å². The molecule has 9 heteroatoms. The first-order valence-electron chi connectivity index (χ1n) is 11.1. The van der Waals surface area contributed by atoms with Crippen molar-refractivity contribution >= 4 is 33.7 Å². The molecule has 0 saturated carbocycles. The molecule has 1 spiro atoms. The number of hydrogen-bond donors (Lipinski definition) is 1. The molecule has 174 valence electrons. The van der Waals surface area contributed by atoms with E-state index in [1.807, 2.05) is 6.92 Å². The van der Waals surface area contributed by atoms with Gasteiger partial charge in [0.15, 0.2) is 0 Å². The van der Waals surface area contributed by atoms with E-state index in [1.165, 1.54) is 4.90 Å². The van der Waals surface area contributed by atoms with Crippen molar-refractivity contribution in [3.8, 4) is 0 Å². The van der Waals surface area contributed by atoms with Crippen LogP contribution >= 0.6 is 15.9 Å². The van der Waals surface area contributed by atoms with Gasteiger partial charge < -0.3 is 24.4 Å². The minimum Gasteiger partial charge on any atom is -0.466 e. The number of unbranched alkanes of at least 4 members (excludes halogenated alkanes) is 1. The highest BCUT2D eigenvalue weighted by atomic mass is 79.9. The lowest BCUT2D eigenvalue weighted by Gasteiger charge is -2.38. The first-order chi connectivity index (χ1) is 14.8. The minimum absolute atomic E-state index is 0.172. The lowest BCUT2D eigenvalue weighted by Crippen LogP contribution is -2.58. The summed E-state index contributed by atoms with van der Waals surface area (Å²) < 4.78 is 11.6. The Kier molecular flexibility index (Phi) is 7.48. The highest BCUT2D eigenvalue weighted by molar-refractivity contribution is 9.09. The summed E-state index contributed by atoms with van der Waals surface area (Å²) in [5.74, 6) is -2.61. The number of fused-ring (bicyclic) bond motifs is 1. The van der Waals surface area contributed by atoms with Crippen molar-refractivity contribution in [3.05, 3.63) is 12.7 Å². The summed E-state index contributed by atoms with van der Waals surface area (Å²) in [6.07, 6.45) is 3.31. The van der Waals surface area contributed by atoms with Gasteiger partial charge in [-0.25, -0.2) is 0 Å². The molecule has 2 amide bonds. The lowest BCUT2D eigenvalue weighted by molar-refractivity contribution is -0.156. The predicted molar refractivity (Wildman–Crippen MR) is 117 cm³/mol. The van der Waals surface area contributed by atoms with E-state index in [0.717, 1.165) is 12.8 Å². The topological polar surface area (TPSA) is 96.4 Å². The highest BCUT2D eigenvalue weighted by Gasteiger charge is 2.77. The zero-order valence-corrected chi connectivity index (χ0v) is 20.0. The molecule has 3 aliphatic rings. The van der Waals surface area contributed by atoms with Crippen LogP contribution in [0.4, 0.5) is 0 Å². The van der Waals surface area contributed by atoms with Crippen LogP contribution in [0.2, 0.25) is 0 Å². The Morgan fingerprint density at radius 2 is 2.19 bits per heavy atom. The fraction of sp³-hybridized carbons (Fsp3) is 0.773. The van der Waals surface area contributed by atoms with Crippen LogP contribution in [0.15, 0.2) is 12.7 Å². The number of hydrogen-bond acceptors (Lipinski definition) is 6. The maximum Gasteiger partial charge on any atom is 0.312 e. The average molecular weight is 501 g/mol. The van der Waals surface area contributed by atoms with E-state index in [1.54, 1.807) is 24.8 Å². The fourth-order valence-corrected chi connectivity index (χ4v) is 6.33. The average Bonchev–Trinajstić information content (AvgIpc) is 3.33. The molecule has 2 bridgehead atoms. The molecule has 0 aromatic heterocycles. The molecular weight excluding hydrogens is 468 g/mol. The third-order valence-corrected chi connectivity index (χ3v) is 7.55. The SMILES string of the molecule is C=CCN(CCCC)C(=O)[C@H]1N([C@H](C)CO)C(=O)[C@@H]2[C@@H](C(=O)OCC)[C@@H]3O[C@@]21CC3Br. The minimum atomic E-state index is -1.13. The smallest absolute Gasteiger partial charge is 0.312 e. The van der Waals surface area contributed by atoms with E-state index < -0.39 is 41.6 Å². The fourth-order valence-electron chi connectivity index (χ4n) is 5.39. The summed E-state index contributed by atoms with van der Waals surface area (Å²) >= 11 is 3.61. The standard InChI is InChI=1S/C22H33BrN2O6/c1-5-8-10-24(9-6-2)20(28)18-22-11-14(23)17(31-22)15(21(29)30-7-3)16(22)19(27)25(18)13(4)12-26/h6,13-18,26H,2,5,7-12H2,1,3-4H3/t13-,14?,15-,16+,17-,18-,22+/m1/s1. The number of rotatable bonds is 10. The summed E-state index contributed by atoms with van der Waals surface area (Å²) in [5.41, 5.74) is -1.13. The van der Waals surface area contributed by atoms with Gasteiger partial charge in [-0.05, 0) is 26.7 Å². The summed E-state index contributed by atoms with van der Waals surface area (Å²) in [4.78, 5) is 43.3. The summed E-state index contributed by atoms with van der Waals surface area (Å²) in [7, 11) is 0. The van der Waals surface area contributed by atoms with Crippen molar-refractivity contribution < 1.29 is 29.0 Å². The summed E-state index contributed by atoms with van der Waals surface area (Å²) in [6, 6.07) is -1.49. The maximum absolute atomic E-state index is 13.8. The Hall–Kier alpha value is -1.45. The van der Waals surface area contributed by atoms with Crippen molar-refractivity contribution in [2.45, 2.75) is 68.6 Å². The summed E-state index contributed by atoms with van der Waals surface area (Å²) in [5, 5.41) is 9.86. The molecule has 7 atom stereocenters. The van der Waals surface area contributed by atoms with E-state index in [0.29, 0.717) is 19.5 Å². The van der Waals surface area contributed by atoms with E-state index >= 15 is 0 Å². The van der Waals surface area contributed by atoms with Crippen LogP contribution in [0.5, 0.6) is 0 Å². The molecular formula is C22H33BrN2O6. The van der Waals surface area contributed by atoms with Crippen LogP contribution in [0.1, 0.15) is 40.0 Å². The van der Waals surface area contributed by atoms with Gasteiger partial charge in [0, 0.05) is 17.9 Å². The number of carbonyl (C=O) groups is 3. The van der Waals surface area contributed by atoms with Crippen LogP contribution in [0.25, 0.3) is 0 Å². The Labute approximate surface area is 192 Å². The van der Waals surface area contributed by atoms with E-state index in [9.17, 15) is 19.5 Å². The van der Waals surface area contributed by atoms with Gasteiger partial charge in [0.2, 0.25) is 11.8 Å². The molecule has 0 radical (unpaired) electrons. The van der Waals surface area contributed by atoms with Crippen LogP contribution in [-0.2, 0) is 23.9 Å². The van der Waals surface area contributed by atoms with Gasteiger partial charge in [-0.2, -0.15) is 0 Å². The molecule has 3 heterocycles. The molecule has 0 aromatic rings. The van der Waals surface area contributed by atoms with Crippen molar-refractivity contribution in [1.29, 1.82) is 0 Å². The zero-order chi connectivity index (χ0) is 22.9. The lowest BCUT2D eigenvalue weighted by atomic mass is 9.70. The molecule has 1 N–H and O–H groups in total. The monoisotopic (exact) mass is 500 g/mol. The maximum atomic E-state index is 13.8. The number of esters is 1. The van der Waals surface area contributed by atoms with E-state index in [4.69, 9.17) is 9.47 Å². The number of halogens is 1. The van der Waals surface area contributed by atoms with Gasteiger partial charge >= 0.3 is 5.97 Å². The Bertz CT molecular complexity index is 733. The van der Waals surface area contributed by atoms with E-state index in [-0.39, 0.29) is 29.9 Å². The predicted octanol–water partition coefficient (Wildman–Crippen LogP) is 1.49. The molecule has 31 heavy (non-hydrogen) atoms. The number of alkyl halides is 1. The second-order valence-electron chi connectivity index (χ2n) is 8.62. The number of amides is 2. The molecule has 3 rings (SSSR count). The van der Waals surface area contributed by atoms with Crippen LogP contribution in [0.3, 0.4) is 0 Å². The Morgan fingerprint density at radius 1 is 1.48 bits per heavy atom. The molecule has 0 aliphatic carbocycles. The molecule has 3 saturated heterocycles. The number of likely N-dealkylation sites (tertiary alicyclic amines) is 1. The van der Waals surface area contributed by atoms with Gasteiger partial charge in [0.1, 0.15) is 11.6 Å². The number of nitrogens with zero attached hydrogens (tertiary/aromatic N) is 2. The third kappa shape index (κ3) is 3.82. The number of aliphatic hydroxyl groups is 1. The van der Waals surface area contributed by atoms with Gasteiger partial charge in [0.25, 0.3) is 0 Å².